The van der Waals surface area contributed by atoms with E-state index in [1.165, 1.54) is 5.56 Å². The van der Waals surface area contributed by atoms with Crippen molar-refractivity contribution >= 4 is 18.3 Å². The minimum atomic E-state index is 0. The predicted octanol–water partition coefficient (Wildman–Crippen LogP) is 3.24. The van der Waals surface area contributed by atoms with Gasteiger partial charge in [-0.2, -0.15) is 0 Å². The molecular formula is C17H27ClN2O. The number of hydrogen-bond donors (Lipinski definition) is 2. The average Bonchev–Trinajstić information content (AvgIpc) is 2.49. The summed E-state index contributed by atoms with van der Waals surface area (Å²) in [4.78, 5) is 12.2. The summed E-state index contributed by atoms with van der Waals surface area (Å²) in [6.45, 7) is 2.89. The maximum absolute atomic E-state index is 12.2. The topological polar surface area (TPSA) is 55.1 Å². The van der Waals surface area contributed by atoms with Crippen molar-refractivity contribution < 1.29 is 4.79 Å². The zero-order valence-electron chi connectivity index (χ0n) is 12.8. The van der Waals surface area contributed by atoms with Crippen LogP contribution in [0.3, 0.4) is 0 Å². The highest BCUT2D eigenvalue weighted by Gasteiger charge is 2.25. The van der Waals surface area contributed by atoms with Crippen molar-refractivity contribution in [1.29, 1.82) is 0 Å². The molecule has 0 saturated heterocycles. The lowest BCUT2D eigenvalue weighted by Crippen LogP contribution is -2.39. The van der Waals surface area contributed by atoms with E-state index < -0.39 is 0 Å². The van der Waals surface area contributed by atoms with Gasteiger partial charge in [-0.05, 0) is 31.2 Å². The molecule has 1 aliphatic carbocycles. The van der Waals surface area contributed by atoms with E-state index in [1.54, 1.807) is 0 Å². The van der Waals surface area contributed by atoms with Crippen molar-refractivity contribution in [1.82, 2.24) is 5.32 Å². The molecule has 1 aromatic carbocycles. The molecule has 1 amide bonds. The monoisotopic (exact) mass is 310 g/mol. The molecule has 0 aromatic heterocycles. The quantitative estimate of drug-likeness (QED) is 0.877. The van der Waals surface area contributed by atoms with Crippen LogP contribution in [0, 0.1) is 5.92 Å². The first kappa shape index (κ1) is 18.0. The van der Waals surface area contributed by atoms with Gasteiger partial charge >= 0.3 is 0 Å². The number of hydrogen-bond acceptors (Lipinski definition) is 2. The highest BCUT2D eigenvalue weighted by Crippen LogP contribution is 2.24. The highest BCUT2D eigenvalue weighted by molar-refractivity contribution is 5.85. The van der Waals surface area contributed by atoms with E-state index in [2.05, 4.69) is 36.5 Å². The third kappa shape index (κ3) is 5.33. The second-order valence-electron chi connectivity index (χ2n) is 5.88. The van der Waals surface area contributed by atoms with Crippen LogP contribution in [0.15, 0.2) is 30.3 Å². The molecule has 0 bridgehead atoms. The van der Waals surface area contributed by atoms with Gasteiger partial charge in [0.25, 0.3) is 0 Å². The number of rotatable bonds is 5. The molecular weight excluding hydrogens is 284 g/mol. The number of carbonyl (C=O) groups excluding carboxylic acids is 1. The lowest BCUT2D eigenvalue weighted by molar-refractivity contribution is -0.126. The van der Waals surface area contributed by atoms with Gasteiger partial charge in [0, 0.05) is 24.4 Å². The Hall–Kier alpha value is -1.06. The number of benzene rings is 1. The Morgan fingerprint density at radius 3 is 2.67 bits per heavy atom. The molecule has 0 spiro atoms. The third-order valence-electron chi connectivity index (χ3n) is 4.37. The van der Waals surface area contributed by atoms with Crippen LogP contribution in [0.5, 0.6) is 0 Å². The first-order valence-corrected chi connectivity index (χ1v) is 7.79. The summed E-state index contributed by atoms with van der Waals surface area (Å²) in [5, 5.41) is 3.13. The summed E-state index contributed by atoms with van der Waals surface area (Å²) in [5.74, 6) is 0.707. The number of amides is 1. The van der Waals surface area contributed by atoms with Crippen LogP contribution in [0.2, 0.25) is 0 Å². The molecule has 4 heteroatoms. The second-order valence-corrected chi connectivity index (χ2v) is 5.88. The van der Waals surface area contributed by atoms with Gasteiger partial charge in [-0.25, -0.2) is 0 Å². The Kier molecular flexibility index (Phi) is 7.76. The third-order valence-corrected chi connectivity index (χ3v) is 4.37. The van der Waals surface area contributed by atoms with E-state index in [9.17, 15) is 4.79 Å². The van der Waals surface area contributed by atoms with Crippen molar-refractivity contribution in [3.63, 3.8) is 0 Å². The van der Waals surface area contributed by atoms with E-state index in [4.69, 9.17) is 5.73 Å². The summed E-state index contributed by atoms with van der Waals surface area (Å²) in [6, 6.07) is 10.6. The first-order chi connectivity index (χ1) is 9.70. The van der Waals surface area contributed by atoms with Crippen molar-refractivity contribution in [2.24, 2.45) is 11.7 Å². The summed E-state index contributed by atoms with van der Waals surface area (Å²) in [5.41, 5.74) is 7.26. The normalized spacial score (nSPS) is 23.0. The van der Waals surface area contributed by atoms with Gasteiger partial charge in [0.2, 0.25) is 5.91 Å². The van der Waals surface area contributed by atoms with Crippen LogP contribution >= 0.6 is 12.4 Å². The van der Waals surface area contributed by atoms with E-state index in [0.29, 0.717) is 5.92 Å². The Balaban J connectivity index is 0.00000220. The standard InChI is InChI=1S/C17H26N2O.ClH/c1-2-13(14-7-4-3-5-8-14)12-19-17(20)15-9-6-10-16(18)11-15;/h3-5,7-8,13,15-16H,2,6,9-12,18H2,1H3,(H,19,20);1H. The van der Waals surface area contributed by atoms with Gasteiger partial charge in [0.15, 0.2) is 0 Å². The molecule has 3 nitrogen and oxygen atoms in total. The Bertz CT molecular complexity index is 424. The van der Waals surface area contributed by atoms with Crippen molar-refractivity contribution in [3.8, 4) is 0 Å². The Morgan fingerprint density at radius 2 is 2.05 bits per heavy atom. The largest absolute Gasteiger partial charge is 0.355 e. The Morgan fingerprint density at radius 1 is 1.33 bits per heavy atom. The summed E-state index contributed by atoms with van der Waals surface area (Å²) in [7, 11) is 0. The molecule has 21 heavy (non-hydrogen) atoms. The molecule has 1 saturated carbocycles. The molecule has 2 rings (SSSR count). The maximum Gasteiger partial charge on any atom is 0.223 e. The Labute approximate surface area is 134 Å². The van der Waals surface area contributed by atoms with Crippen LogP contribution in [0.25, 0.3) is 0 Å². The van der Waals surface area contributed by atoms with Crippen LogP contribution in [0.1, 0.15) is 50.5 Å². The van der Waals surface area contributed by atoms with E-state index >= 15 is 0 Å². The van der Waals surface area contributed by atoms with Gasteiger partial charge in [0.1, 0.15) is 0 Å². The highest BCUT2D eigenvalue weighted by atomic mass is 35.5. The molecule has 118 valence electrons. The lowest BCUT2D eigenvalue weighted by atomic mass is 9.85. The zero-order chi connectivity index (χ0) is 14.4. The smallest absolute Gasteiger partial charge is 0.223 e. The second kappa shape index (κ2) is 9.06. The van der Waals surface area contributed by atoms with Gasteiger partial charge in [-0.1, -0.05) is 43.7 Å². The SMILES string of the molecule is CCC(CNC(=O)C1CCCC(N)C1)c1ccccc1.Cl. The van der Waals surface area contributed by atoms with Gasteiger partial charge in [0.05, 0.1) is 0 Å². The molecule has 0 radical (unpaired) electrons. The molecule has 0 aliphatic heterocycles. The van der Waals surface area contributed by atoms with Crippen molar-refractivity contribution in [2.75, 3.05) is 6.54 Å². The molecule has 1 aliphatic rings. The van der Waals surface area contributed by atoms with Gasteiger partial charge in [-0.15, -0.1) is 12.4 Å². The molecule has 3 N–H and O–H groups in total. The molecule has 0 heterocycles. The summed E-state index contributed by atoms with van der Waals surface area (Å²) in [6.07, 6.45) is 5.00. The fourth-order valence-electron chi connectivity index (χ4n) is 3.06. The van der Waals surface area contributed by atoms with E-state index in [-0.39, 0.29) is 30.3 Å². The van der Waals surface area contributed by atoms with Crippen LogP contribution < -0.4 is 11.1 Å². The fraction of sp³-hybridized carbons (Fsp3) is 0.588. The maximum atomic E-state index is 12.2. The summed E-state index contributed by atoms with van der Waals surface area (Å²) >= 11 is 0. The van der Waals surface area contributed by atoms with Crippen LogP contribution in [0.4, 0.5) is 0 Å². The number of nitrogens with two attached hydrogens (primary N) is 1. The number of carbonyl (C=O) groups is 1. The minimum absolute atomic E-state index is 0. The van der Waals surface area contributed by atoms with Gasteiger partial charge in [-0.3, -0.25) is 4.79 Å². The number of halogens is 1. The molecule has 3 unspecified atom stereocenters. The first-order valence-electron chi connectivity index (χ1n) is 7.79. The summed E-state index contributed by atoms with van der Waals surface area (Å²) < 4.78 is 0. The van der Waals surface area contributed by atoms with Crippen molar-refractivity contribution in [2.45, 2.75) is 51.0 Å². The van der Waals surface area contributed by atoms with Gasteiger partial charge < -0.3 is 11.1 Å². The molecule has 3 atom stereocenters. The average molecular weight is 311 g/mol. The van der Waals surface area contributed by atoms with Crippen LogP contribution in [-0.4, -0.2) is 18.5 Å². The number of nitrogens with one attached hydrogen (secondary N) is 1. The lowest BCUT2D eigenvalue weighted by Gasteiger charge is -2.26. The predicted molar refractivity (Wildman–Crippen MR) is 89.7 cm³/mol. The molecule has 1 aromatic rings. The van der Waals surface area contributed by atoms with E-state index in [1.807, 2.05) is 6.07 Å². The zero-order valence-corrected chi connectivity index (χ0v) is 13.6. The van der Waals surface area contributed by atoms with E-state index in [0.717, 1.165) is 38.6 Å². The van der Waals surface area contributed by atoms with Crippen LogP contribution in [-0.2, 0) is 4.79 Å². The molecule has 1 fully saturated rings. The minimum Gasteiger partial charge on any atom is -0.355 e. The fourth-order valence-corrected chi connectivity index (χ4v) is 3.06. The van der Waals surface area contributed by atoms with Crippen molar-refractivity contribution in [3.05, 3.63) is 35.9 Å².